The number of amides is 1. The Morgan fingerprint density at radius 1 is 0.875 bits per heavy atom. The molecule has 1 aliphatic heterocycles. The summed E-state index contributed by atoms with van der Waals surface area (Å²) in [6.45, 7) is -0.666. The third kappa shape index (κ3) is 4.90. The zero-order valence-electron chi connectivity index (χ0n) is 20.2. The Kier molecular flexibility index (Phi) is 7.41. The SMILES string of the molecule is O=C(Cc1ccnnc1)N1CCC(c2ccc(C(F)(C(F)(F)F)C(F)(F)F)cc2)(S(=O)(=O)c2ccc(F)cc2)C1. The predicted octanol–water partition coefficient (Wildman–Crippen LogP) is 5.05. The number of alkyl halides is 7. The fourth-order valence-corrected chi connectivity index (χ4v) is 6.72. The number of nitrogens with zero attached hydrogens (tertiary/aromatic N) is 3. The van der Waals surface area contributed by atoms with E-state index in [0.29, 0.717) is 17.7 Å². The van der Waals surface area contributed by atoms with Crippen molar-refractivity contribution in [2.45, 2.75) is 40.5 Å². The molecule has 214 valence electrons. The summed E-state index contributed by atoms with van der Waals surface area (Å²) < 4.78 is 133. The number of halogens is 8. The van der Waals surface area contributed by atoms with Crippen LogP contribution in [0.3, 0.4) is 0 Å². The first-order valence-corrected chi connectivity index (χ1v) is 13.0. The second-order valence-electron chi connectivity index (χ2n) is 9.18. The maximum absolute atomic E-state index is 14.6. The average molecular weight is 593 g/mol. The number of carbonyl (C=O) groups excluding carboxylic acids is 1. The minimum Gasteiger partial charge on any atom is -0.340 e. The van der Waals surface area contributed by atoms with Crippen molar-refractivity contribution in [3.63, 3.8) is 0 Å². The maximum atomic E-state index is 14.6. The van der Waals surface area contributed by atoms with E-state index in [-0.39, 0.29) is 37.1 Å². The molecule has 1 aromatic heterocycles. The van der Waals surface area contributed by atoms with Crippen LogP contribution in [0, 0.1) is 5.82 Å². The average Bonchev–Trinajstić information content (AvgIpc) is 3.36. The molecule has 15 heteroatoms. The van der Waals surface area contributed by atoms with Gasteiger partial charge in [0, 0.05) is 24.8 Å². The quantitative estimate of drug-likeness (QED) is 0.295. The molecule has 3 aromatic rings. The Labute approximate surface area is 222 Å². The number of hydrogen-bond acceptors (Lipinski definition) is 5. The van der Waals surface area contributed by atoms with Crippen molar-refractivity contribution < 1.29 is 48.3 Å². The number of rotatable bonds is 6. The van der Waals surface area contributed by atoms with E-state index in [1.54, 1.807) is 0 Å². The van der Waals surface area contributed by atoms with Crippen LogP contribution in [0.1, 0.15) is 23.1 Å². The molecule has 1 atom stereocenters. The number of aromatic nitrogens is 2. The van der Waals surface area contributed by atoms with Crippen LogP contribution >= 0.6 is 0 Å². The second-order valence-corrected chi connectivity index (χ2v) is 11.4. The van der Waals surface area contributed by atoms with Crippen molar-refractivity contribution in [3.05, 3.63) is 89.5 Å². The van der Waals surface area contributed by atoms with Gasteiger partial charge in [-0.25, -0.2) is 17.2 Å². The van der Waals surface area contributed by atoms with Crippen LogP contribution in [0.2, 0.25) is 0 Å². The van der Waals surface area contributed by atoms with Crippen LogP contribution < -0.4 is 0 Å². The minimum absolute atomic E-state index is 0.141. The monoisotopic (exact) mass is 593 g/mol. The normalized spacial score (nSPS) is 18.6. The fourth-order valence-electron chi connectivity index (χ4n) is 4.65. The van der Waals surface area contributed by atoms with Gasteiger partial charge < -0.3 is 4.90 Å². The standard InChI is InChI=1S/C25H19F8N3O3S/c26-19-5-7-20(8-6-19)40(38,39)22(10-12-36(15-22)21(37)13-16-9-11-34-35-14-16)17-1-3-18(4-2-17)23(27,24(28,29)30)25(31,32)33/h1-9,11,14H,10,12-13,15H2. The molecule has 1 amide bonds. The summed E-state index contributed by atoms with van der Waals surface area (Å²) >= 11 is 0. The smallest absolute Gasteiger partial charge is 0.340 e. The minimum atomic E-state index is -6.36. The van der Waals surface area contributed by atoms with Crippen molar-refractivity contribution in [3.8, 4) is 0 Å². The van der Waals surface area contributed by atoms with Crippen molar-refractivity contribution >= 4 is 15.7 Å². The Bertz CT molecular complexity index is 1460. The molecule has 1 aliphatic rings. The Balaban J connectivity index is 1.79. The molecule has 0 spiro atoms. The molecular formula is C25H19F8N3O3S. The fraction of sp³-hybridized carbons (Fsp3) is 0.320. The van der Waals surface area contributed by atoms with Gasteiger partial charge in [-0.1, -0.05) is 24.3 Å². The van der Waals surface area contributed by atoms with Gasteiger partial charge in [-0.2, -0.15) is 36.5 Å². The van der Waals surface area contributed by atoms with E-state index < -0.39 is 61.3 Å². The van der Waals surface area contributed by atoms with E-state index in [4.69, 9.17) is 0 Å². The van der Waals surface area contributed by atoms with Crippen LogP contribution in [0.5, 0.6) is 0 Å². The summed E-state index contributed by atoms with van der Waals surface area (Å²) in [5, 5.41) is 7.24. The molecule has 0 radical (unpaired) electrons. The van der Waals surface area contributed by atoms with Gasteiger partial charge in [0.15, 0.2) is 9.84 Å². The van der Waals surface area contributed by atoms with Crippen LogP contribution in [-0.4, -0.2) is 54.9 Å². The highest BCUT2D eigenvalue weighted by Gasteiger charge is 2.73. The summed E-state index contributed by atoms with van der Waals surface area (Å²) in [6, 6.07) is 6.93. The molecule has 0 saturated carbocycles. The molecule has 1 fully saturated rings. The molecular weight excluding hydrogens is 574 g/mol. The molecule has 6 nitrogen and oxygen atoms in total. The molecule has 40 heavy (non-hydrogen) atoms. The van der Waals surface area contributed by atoms with Crippen molar-refractivity contribution in [2.24, 2.45) is 0 Å². The lowest BCUT2D eigenvalue weighted by Crippen LogP contribution is -2.50. The molecule has 0 N–H and O–H groups in total. The van der Waals surface area contributed by atoms with Crippen LogP contribution in [-0.2, 0) is 31.5 Å². The van der Waals surface area contributed by atoms with Crippen LogP contribution in [0.15, 0.2) is 71.9 Å². The topological polar surface area (TPSA) is 80.2 Å². The van der Waals surface area contributed by atoms with E-state index in [2.05, 4.69) is 10.2 Å². The van der Waals surface area contributed by atoms with Gasteiger partial charge >= 0.3 is 18.0 Å². The lowest BCUT2D eigenvalue weighted by Gasteiger charge is -2.32. The molecule has 1 unspecified atom stereocenters. The van der Waals surface area contributed by atoms with Crippen LogP contribution in [0.25, 0.3) is 0 Å². The number of carbonyl (C=O) groups is 1. The van der Waals surface area contributed by atoms with E-state index in [1.165, 1.54) is 23.4 Å². The summed E-state index contributed by atoms with van der Waals surface area (Å²) in [4.78, 5) is 13.8. The predicted molar refractivity (Wildman–Crippen MR) is 124 cm³/mol. The van der Waals surface area contributed by atoms with Crippen LogP contribution in [0.4, 0.5) is 35.1 Å². The van der Waals surface area contributed by atoms with Gasteiger partial charge in [0.05, 0.1) is 17.5 Å². The lowest BCUT2D eigenvalue weighted by atomic mass is 9.90. The largest absolute Gasteiger partial charge is 0.435 e. The van der Waals surface area contributed by atoms with Crippen molar-refractivity contribution in [1.82, 2.24) is 15.1 Å². The van der Waals surface area contributed by atoms with Gasteiger partial charge in [-0.15, -0.1) is 0 Å². The van der Waals surface area contributed by atoms with E-state index in [0.717, 1.165) is 24.3 Å². The first-order valence-electron chi connectivity index (χ1n) is 11.5. The zero-order chi connectivity index (χ0) is 29.6. The Hall–Kier alpha value is -3.62. The molecule has 0 aliphatic carbocycles. The van der Waals surface area contributed by atoms with Gasteiger partial charge in [0.25, 0.3) is 0 Å². The van der Waals surface area contributed by atoms with Gasteiger partial charge in [0.1, 0.15) is 10.6 Å². The van der Waals surface area contributed by atoms with Gasteiger partial charge in [-0.05, 0) is 47.9 Å². The summed E-state index contributed by atoms with van der Waals surface area (Å²) in [6.07, 6.45) is -10.6. The molecule has 2 heterocycles. The van der Waals surface area contributed by atoms with Crippen molar-refractivity contribution in [1.29, 1.82) is 0 Å². The highest BCUT2D eigenvalue weighted by Crippen LogP contribution is 2.53. The third-order valence-corrected chi connectivity index (χ3v) is 9.30. The van der Waals surface area contributed by atoms with Crippen molar-refractivity contribution in [2.75, 3.05) is 13.1 Å². The number of hydrogen-bond donors (Lipinski definition) is 0. The highest BCUT2D eigenvalue weighted by molar-refractivity contribution is 7.92. The summed E-state index contributed by atoms with van der Waals surface area (Å²) in [7, 11) is -4.54. The second kappa shape index (κ2) is 10.1. The number of benzene rings is 2. The van der Waals surface area contributed by atoms with E-state index >= 15 is 0 Å². The number of sulfone groups is 1. The Morgan fingerprint density at radius 3 is 2.00 bits per heavy atom. The maximum Gasteiger partial charge on any atom is 0.435 e. The zero-order valence-corrected chi connectivity index (χ0v) is 21.0. The first-order chi connectivity index (χ1) is 18.5. The van der Waals surface area contributed by atoms with E-state index in [9.17, 15) is 48.3 Å². The molecule has 2 aromatic carbocycles. The van der Waals surface area contributed by atoms with Gasteiger partial charge in [-0.3, -0.25) is 4.79 Å². The Morgan fingerprint density at radius 2 is 1.48 bits per heavy atom. The molecule has 4 rings (SSSR count). The third-order valence-electron chi connectivity index (χ3n) is 6.81. The molecule has 0 bridgehead atoms. The molecule has 1 saturated heterocycles. The first kappa shape index (κ1) is 29.4. The van der Waals surface area contributed by atoms with Gasteiger partial charge in [0.2, 0.25) is 5.91 Å². The summed E-state index contributed by atoms with van der Waals surface area (Å²) in [5.74, 6) is -1.29. The highest BCUT2D eigenvalue weighted by atomic mass is 32.2. The van der Waals surface area contributed by atoms with E-state index in [1.807, 2.05) is 0 Å². The number of likely N-dealkylation sites (tertiary alicyclic amines) is 1. The lowest BCUT2D eigenvalue weighted by molar-refractivity contribution is -0.348. The summed E-state index contributed by atoms with van der Waals surface area (Å²) in [5.41, 5.74) is -7.31.